The Labute approximate surface area is 233 Å². The van der Waals surface area contributed by atoms with Crippen LogP contribution >= 0.6 is 0 Å². The summed E-state index contributed by atoms with van der Waals surface area (Å²) in [5.74, 6) is -0.362. The largest absolute Gasteiger partial charge is 0.448 e. The molecule has 3 heterocycles. The molecule has 0 bridgehead atoms. The monoisotopic (exact) mass is 593 g/mol. The Morgan fingerprint density at radius 2 is 1.88 bits per heavy atom. The van der Waals surface area contributed by atoms with Crippen LogP contribution in [-0.4, -0.2) is 89.8 Å². The van der Waals surface area contributed by atoms with Gasteiger partial charge in [-0.25, -0.2) is 28.2 Å². The van der Waals surface area contributed by atoms with Crippen molar-refractivity contribution < 1.29 is 37.3 Å². The van der Waals surface area contributed by atoms with Gasteiger partial charge in [-0.15, -0.1) is 0 Å². The number of anilines is 1. The van der Waals surface area contributed by atoms with E-state index in [2.05, 4.69) is 54.1 Å². The third-order valence-electron chi connectivity index (χ3n) is 7.27. The third kappa shape index (κ3) is 6.18. The zero-order valence-electron chi connectivity index (χ0n) is 23.0. The quantitative estimate of drug-likeness (QED) is 0.311. The van der Waals surface area contributed by atoms with Gasteiger partial charge in [0.15, 0.2) is 41.4 Å². The number of hydrogen-bond acceptors (Lipinski definition) is 11. The molecule has 4 rings (SSSR count). The minimum Gasteiger partial charge on any atom is -0.448 e. The number of nitrogens with one attached hydrogen (secondary N) is 1. The van der Waals surface area contributed by atoms with Gasteiger partial charge in [0, 0.05) is 0 Å². The Hall–Kier alpha value is -2.95. The molecule has 3 N–H and O–H groups in total. The maximum atomic E-state index is 12.4. The summed E-state index contributed by atoms with van der Waals surface area (Å²) in [5, 5.41) is 23.5. The number of aliphatic hydroxyl groups is 2. The van der Waals surface area contributed by atoms with E-state index >= 15 is 0 Å². The molecule has 0 unspecified atom stereocenters. The smallest absolute Gasteiger partial charge is 0.412 e. The van der Waals surface area contributed by atoms with Gasteiger partial charge in [0.05, 0.1) is 23.6 Å². The van der Waals surface area contributed by atoms with Crippen molar-refractivity contribution in [2.24, 2.45) is 0 Å². The van der Waals surface area contributed by atoms with E-state index in [1.807, 2.05) is 0 Å². The molecule has 0 saturated carbocycles. The molecule has 13 nitrogen and oxygen atoms in total. The van der Waals surface area contributed by atoms with Crippen LogP contribution in [0.5, 0.6) is 0 Å². The van der Waals surface area contributed by atoms with Gasteiger partial charge in [-0.2, -0.15) is 0 Å². The maximum Gasteiger partial charge on any atom is 0.412 e. The molecule has 0 spiro atoms. The van der Waals surface area contributed by atoms with Gasteiger partial charge in [-0.1, -0.05) is 39.0 Å². The van der Waals surface area contributed by atoms with Gasteiger partial charge >= 0.3 is 6.09 Å². The molecule has 1 fully saturated rings. The normalized spacial score (nSPS) is 22.0. The van der Waals surface area contributed by atoms with Crippen molar-refractivity contribution >= 4 is 41.2 Å². The van der Waals surface area contributed by atoms with E-state index < -0.39 is 48.8 Å². The van der Waals surface area contributed by atoms with Gasteiger partial charge in [0.25, 0.3) is 0 Å². The Kier molecular flexibility index (Phi) is 8.63. The van der Waals surface area contributed by atoms with Crippen LogP contribution in [0.15, 0.2) is 47.9 Å². The highest BCUT2D eigenvalue weighted by atomic mass is 32.2. The van der Waals surface area contributed by atoms with Crippen LogP contribution in [0, 0.1) is 0 Å². The topological polar surface area (TPSA) is 175 Å². The molecule has 1 aromatic carbocycles. The van der Waals surface area contributed by atoms with Crippen molar-refractivity contribution in [3.63, 3.8) is 0 Å². The lowest BCUT2D eigenvalue weighted by Gasteiger charge is -2.39. The van der Waals surface area contributed by atoms with E-state index in [-0.39, 0.29) is 45.9 Å². The van der Waals surface area contributed by atoms with Gasteiger partial charge in [0.1, 0.15) is 31.2 Å². The van der Waals surface area contributed by atoms with Gasteiger partial charge < -0.3 is 24.1 Å². The van der Waals surface area contributed by atoms with Crippen molar-refractivity contribution in [3.05, 3.63) is 43.0 Å². The lowest BCUT2D eigenvalue weighted by Crippen LogP contribution is -2.49. The third-order valence-corrected chi connectivity index (χ3v) is 13.4. The van der Waals surface area contributed by atoms with E-state index in [0.717, 1.165) is 0 Å². The summed E-state index contributed by atoms with van der Waals surface area (Å²) in [4.78, 5) is 25.1. The molecule has 1 amide bonds. The first-order valence-electron chi connectivity index (χ1n) is 12.8. The number of fused-ring (bicyclic) bond motifs is 1. The van der Waals surface area contributed by atoms with Crippen molar-refractivity contribution in [2.75, 3.05) is 24.3 Å². The fourth-order valence-electron chi connectivity index (χ4n) is 4.01. The molecule has 1 aliphatic rings. The fraction of sp³-hybridized carbons (Fsp3) is 0.520. The zero-order chi connectivity index (χ0) is 29.3. The molecule has 3 aromatic rings. The summed E-state index contributed by atoms with van der Waals surface area (Å²) in [5.41, 5.74) is 0.451. The number of carbonyl (C=O) groups is 1. The molecular formula is C25H35N5O8SSi. The van der Waals surface area contributed by atoms with Gasteiger partial charge in [-0.3, -0.25) is 9.88 Å². The van der Waals surface area contributed by atoms with Crippen LogP contribution < -0.4 is 5.32 Å². The van der Waals surface area contributed by atoms with E-state index in [9.17, 15) is 23.4 Å². The SMILES string of the molecule is CC(C)(C)[Si](C)(C)O[C@H]1[C@@H](O)[C@H](n2cnc3c(NC(=O)OCCS(=O)(=O)c4ccccc4)ncnc32)O[C@@H]1CO. The number of imidazole rings is 1. The second-order valence-corrected chi connectivity index (χ2v) is 17.9. The lowest BCUT2D eigenvalue weighted by molar-refractivity contribution is -0.0506. The molecule has 4 atom stereocenters. The molecule has 40 heavy (non-hydrogen) atoms. The van der Waals surface area contributed by atoms with E-state index in [4.69, 9.17) is 13.9 Å². The van der Waals surface area contributed by atoms with Crippen LogP contribution in [0.2, 0.25) is 18.1 Å². The number of ether oxygens (including phenoxy) is 2. The van der Waals surface area contributed by atoms with Crippen molar-refractivity contribution in [2.45, 2.75) is 68.3 Å². The number of aromatic nitrogens is 4. The molecule has 15 heteroatoms. The van der Waals surface area contributed by atoms with Gasteiger partial charge in [0.2, 0.25) is 0 Å². The summed E-state index contributed by atoms with van der Waals surface area (Å²) < 4.78 is 43.7. The first kappa shape index (κ1) is 30.0. The van der Waals surface area contributed by atoms with E-state index in [0.29, 0.717) is 0 Å². The molecule has 2 aromatic heterocycles. The first-order chi connectivity index (χ1) is 18.7. The van der Waals surface area contributed by atoms with E-state index in [1.165, 1.54) is 29.4 Å². The van der Waals surface area contributed by atoms with Crippen LogP contribution in [0.4, 0.5) is 10.6 Å². The molecular weight excluding hydrogens is 558 g/mol. The number of aliphatic hydroxyl groups excluding tert-OH is 2. The number of amides is 1. The Morgan fingerprint density at radius 3 is 2.52 bits per heavy atom. The van der Waals surface area contributed by atoms with Crippen LogP contribution in [-0.2, 0) is 23.7 Å². The molecule has 1 saturated heterocycles. The number of carbonyl (C=O) groups excluding carboxylic acids is 1. The number of sulfone groups is 1. The Balaban J connectivity index is 1.46. The van der Waals surface area contributed by atoms with Gasteiger partial charge in [-0.05, 0) is 30.3 Å². The van der Waals surface area contributed by atoms with Crippen LogP contribution in [0.25, 0.3) is 11.2 Å². The molecule has 218 valence electrons. The first-order valence-corrected chi connectivity index (χ1v) is 17.3. The van der Waals surface area contributed by atoms with Crippen molar-refractivity contribution in [1.82, 2.24) is 19.5 Å². The number of rotatable bonds is 9. The Morgan fingerprint density at radius 1 is 1.18 bits per heavy atom. The van der Waals surface area contributed by atoms with Crippen LogP contribution in [0.3, 0.4) is 0 Å². The standard InChI is InChI=1S/C25H35N5O8SSi/c1-25(2,3)40(4,5)38-20-17(13-31)37-23(19(20)32)30-15-28-18-21(26-14-27-22(18)30)29-24(33)36-11-12-39(34,35)16-9-7-6-8-10-16/h6-10,14-15,17,19-20,23,31-32H,11-13H2,1-5H3,(H,26,27,29,33)/t17-,19-,20-,23-/m1/s1. The number of benzene rings is 1. The van der Waals surface area contributed by atoms with Crippen LogP contribution in [0.1, 0.15) is 27.0 Å². The minimum atomic E-state index is -3.62. The fourth-order valence-corrected chi connectivity index (χ4v) is 6.45. The molecule has 1 aliphatic heterocycles. The number of nitrogens with zero attached hydrogens (tertiary/aromatic N) is 4. The second-order valence-electron chi connectivity index (χ2n) is 11.0. The summed E-state index contributed by atoms with van der Waals surface area (Å²) in [7, 11) is -5.92. The number of hydrogen-bond donors (Lipinski definition) is 3. The summed E-state index contributed by atoms with van der Waals surface area (Å²) >= 11 is 0. The summed E-state index contributed by atoms with van der Waals surface area (Å²) in [6.45, 7) is 9.61. The minimum absolute atomic E-state index is 0.0277. The lowest BCUT2D eigenvalue weighted by atomic mass is 10.1. The zero-order valence-corrected chi connectivity index (χ0v) is 24.8. The second kappa shape index (κ2) is 11.5. The van der Waals surface area contributed by atoms with Crippen molar-refractivity contribution in [1.29, 1.82) is 0 Å². The van der Waals surface area contributed by atoms with E-state index in [1.54, 1.807) is 18.2 Å². The average molecular weight is 594 g/mol. The predicted octanol–water partition coefficient (Wildman–Crippen LogP) is 2.49. The highest BCUT2D eigenvalue weighted by Crippen LogP contribution is 2.41. The predicted molar refractivity (Wildman–Crippen MR) is 148 cm³/mol. The van der Waals surface area contributed by atoms with Crippen molar-refractivity contribution in [3.8, 4) is 0 Å². The molecule has 0 radical (unpaired) electrons. The maximum absolute atomic E-state index is 12.4. The highest BCUT2D eigenvalue weighted by molar-refractivity contribution is 7.91. The summed E-state index contributed by atoms with van der Waals surface area (Å²) in [6.07, 6.45) is -1.97. The average Bonchev–Trinajstić information content (AvgIpc) is 3.45. The highest BCUT2D eigenvalue weighted by Gasteiger charge is 2.50. The summed E-state index contributed by atoms with van der Waals surface area (Å²) in [6, 6.07) is 7.87. The Bertz CT molecular complexity index is 1440. The molecule has 0 aliphatic carbocycles.